The molecule has 2 aliphatic rings. The molecule has 0 radical (unpaired) electrons. The van der Waals surface area contributed by atoms with Crippen molar-refractivity contribution in [2.75, 3.05) is 46.8 Å². The van der Waals surface area contributed by atoms with E-state index in [2.05, 4.69) is 11.9 Å². The molecule has 1 unspecified atom stereocenters. The van der Waals surface area contributed by atoms with Gasteiger partial charge in [0.1, 0.15) is 0 Å². The Morgan fingerprint density at radius 2 is 2.00 bits per heavy atom. The van der Waals surface area contributed by atoms with Crippen molar-refractivity contribution in [1.82, 2.24) is 13.5 Å². The summed E-state index contributed by atoms with van der Waals surface area (Å²) < 4.78 is 26.6. The molecular weight excluding hydrogens is 226 g/mol. The first kappa shape index (κ1) is 12.3. The summed E-state index contributed by atoms with van der Waals surface area (Å²) in [6.07, 6.45) is 2.18. The monoisotopic (exact) mass is 247 g/mol. The zero-order valence-corrected chi connectivity index (χ0v) is 10.9. The highest BCUT2D eigenvalue weighted by Gasteiger charge is 2.35. The molecule has 16 heavy (non-hydrogen) atoms. The van der Waals surface area contributed by atoms with E-state index < -0.39 is 10.2 Å². The van der Waals surface area contributed by atoms with Gasteiger partial charge in [0, 0.05) is 33.2 Å². The van der Waals surface area contributed by atoms with E-state index in [1.165, 1.54) is 15.0 Å². The molecule has 1 atom stereocenters. The summed E-state index contributed by atoms with van der Waals surface area (Å²) in [7, 11) is 0.690. The lowest BCUT2D eigenvalue weighted by molar-refractivity contribution is 0.363. The highest BCUT2D eigenvalue weighted by atomic mass is 32.2. The van der Waals surface area contributed by atoms with Crippen LogP contribution in [0.2, 0.25) is 0 Å². The van der Waals surface area contributed by atoms with Crippen LogP contribution in [0.3, 0.4) is 0 Å². The highest BCUT2D eigenvalue weighted by molar-refractivity contribution is 7.87. The first-order chi connectivity index (χ1) is 7.50. The molecule has 0 N–H and O–H groups in total. The number of nitrogens with zero attached hydrogens (tertiary/aromatic N) is 3. The minimum Gasteiger partial charge on any atom is -0.306 e. The van der Waals surface area contributed by atoms with Gasteiger partial charge in [-0.3, -0.25) is 0 Å². The predicted octanol–water partition coefficient (Wildman–Crippen LogP) is -0.180. The van der Waals surface area contributed by atoms with Gasteiger partial charge in [0.05, 0.1) is 0 Å². The van der Waals surface area contributed by atoms with Gasteiger partial charge in [-0.2, -0.15) is 17.0 Å². The third-order valence-corrected chi connectivity index (χ3v) is 5.46. The van der Waals surface area contributed by atoms with E-state index in [4.69, 9.17) is 0 Å². The third kappa shape index (κ3) is 2.74. The Labute approximate surface area is 98.2 Å². The van der Waals surface area contributed by atoms with Crippen LogP contribution < -0.4 is 0 Å². The third-order valence-electron chi connectivity index (χ3n) is 3.47. The lowest BCUT2D eigenvalue weighted by Gasteiger charge is -2.19. The highest BCUT2D eigenvalue weighted by Crippen LogP contribution is 2.20. The van der Waals surface area contributed by atoms with Crippen LogP contribution in [0, 0.1) is 5.92 Å². The average molecular weight is 247 g/mol. The van der Waals surface area contributed by atoms with E-state index in [0.29, 0.717) is 25.6 Å². The average Bonchev–Trinajstić information content (AvgIpc) is 3.00. The van der Waals surface area contributed by atoms with Gasteiger partial charge in [0.25, 0.3) is 10.2 Å². The van der Waals surface area contributed by atoms with Gasteiger partial charge in [-0.1, -0.05) is 0 Å². The summed E-state index contributed by atoms with van der Waals surface area (Å²) in [4.78, 5) is 2.31. The lowest BCUT2D eigenvalue weighted by atomic mass is 10.1. The largest absolute Gasteiger partial charge is 0.306 e. The molecule has 0 bridgehead atoms. The fourth-order valence-electron chi connectivity index (χ4n) is 2.21. The van der Waals surface area contributed by atoms with Crippen LogP contribution in [0.4, 0.5) is 0 Å². The fourth-order valence-corrected chi connectivity index (χ4v) is 3.48. The van der Waals surface area contributed by atoms with Gasteiger partial charge in [0.15, 0.2) is 0 Å². The van der Waals surface area contributed by atoms with Crippen molar-refractivity contribution in [2.24, 2.45) is 5.92 Å². The first-order valence-corrected chi connectivity index (χ1v) is 7.30. The van der Waals surface area contributed by atoms with Crippen molar-refractivity contribution in [3.05, 3.63) is 0 Å². The Kier molecular flexibility index (Phi) is 3.53. The summed E-state index contributed by atoms with van der Waals surface area (Å²) in [6, 6.07) is 0. The van der Waals surface area contributed by atoms with E-state index in [0.717, 1.165) is 19.5 Å². The maximum atomic E-state index is 11.8. The van der Waals surface area contributed by atoms with E-state index in [9.17, 15) is 8.42 Å². The summed E-state index contributed by atoms with van der Waals surface area (Å²) in [5, 5.41) is 0. The molecule has 0 amide bonds. The molecule has 0 spiro atoms. The molecule has 2 saturated heterocycles. The molecule has 94 valence electrons. The number of hydrogen-bond acceptors (Lipinski definition) is 3. The van der Waals surface area contributed by atoms with Gasteiger partial charge in [-0.15, -0.1) is 0 Å². The molecule has 6 heteroatoms. The van der Waals surface area contributed by atoms with Crippen LogP contribution in [0.5, 0.6) is 0 Å². The first-order valence-electron chi connectivity index (χ1n) is 5.90. The number of likely N-dealkylation sites (tertiary alicyclic amines) is 1. The van der Waals surface area contributed by atoms with Crippen LogP contribution in [-0.4, -0.2) is 68.7 Å². The van der Waals surface area contributed by atoms with Crippen LogP contribution in [0.15, 0.2) is 0 Å². The van der Waals surface area contributed by atoms with Crippen molar-refractivity contribution in [1.29, 1.82) is 0 Å². The molecular formula is C10H21N3O2S. The van der Waals surface area contributed by atoms with Crippen molar-refractivity contribution in [2.45, 2.75) is 12.8 Å². The molecule has 0 aliphatic carbocycles. The fraction of sp³-hybridized carbons (Fsp3) is 1.00. The summed E-state index contributed by atoms with van der Waals surface area (Å²) in [6.45, 7) is 4.29. The van der Waals surface area contributed by atoms with Crippen LogP contribution >= 0.6 is 0 Å². The molecule has 5 nitrogen and oxygen atoms in total. The maximum absolute atomic E-state index is 11.8. The number of rotatable bonds is 5. The standard InChI is InChI=1S/C10H21N3O2S/c1-11-5-3-10(9-11)4-6-12(2)16(14,15)13-7-8-13/h10H,3-9H2,1-2H3. The quantitative estimate of drug-likeness (QED) is 0.633. The molecule has 2 fully saturated rings. The molecule has 0 aromatic heterocycles. The van der Waals surface area contributed by atoms with Gasteiger partial charge in [-0.25, -0.2) is 0 Å². The Balaban J connectivity index is 1.77. The van der Waals surface area contributed by atoms with Crippen molar-refractivity contribution in [3.8, 4) is 0 Å². The Morgan fingerprint density at radius 3 is 2.50 bits per heavy atom. The summed E-state index contributed by atoms with van der Waals surface area (Å²) in [5.41, 5.74) is 0. The second-order valence-electron chi connectivity index (χ2n) is 4.93. The zero-order valence-electron chi connectivity index (χ0n) is 10.1. The van der Waals surface area contributed by atoms with Crippen LogP contribution in [0.25, 0.3) is 0 Å². The Morgan fingerprint density at radius 1 is 1.31 bits per heavy atom. The zero-order chi connectivity index (χ0) is 11.8. The van der Waals surface area contributed by atoms with Crippen molar-refractivity contribution < 1.29 is 8.42 Å². The van der Waals surface area contributed by atoms with Gasteiger partial charge < -0.3 is 4.90 Å². The van der Waals surface area contributed by atoms with Crippen molar-refractivity contribution in [3.63, 3.8) is 0 Å². The Hall–Kier alpha value is -0.170. The van der Waals surface area contributed by atoms with Crippen LogP contribution in [0.1, 0.15) is 12.8 Å². The normalized spacial score (nSPS) is 27.8. The second kappa shape index (κ2) is 4.60. The van der Waals surface area contributed by atoms with Gasteiger partial charge in [-0.05, 0) is 32.4 Å². The molecule has 2 rings (SSSR count). The molecule has 2 heterocycles. The molecule has 0 aromatic rings. The Bertz CT molecular complexity index is 340. The molecule has 0 aromatic carbocycles. The summed E-state index contributed by atoms with van der Waals surface area (Å²) >= 11 is 0. The van der Waals surface area contributed by atoms with E-state index in [1.54, 1.807) is 7.05 Å². The summed E-state index contributed by atoms with van der Waals surface area (Å²) in [5.74, 6) is 0.664. The van der Waals surface area contributed by atoms with Crippen LogP contribution in [-0.2, 0) is 10.2 Å². The van der Waals surface area contributed by atoms with E-state index in [-0.39, 0.29) is 0 Å². The topological polar surface area (TPSA) is 43.6 Å². The molecule has 0 saturated carbocycles. The molecule has 2 aliphatic heterocycles. The van der Waals surface area contributed by atoms with Crippen molar-refractivity contribution >= 4 is 10.2 Å². The smallest absolute Gasteiger partial charge is 0.281 e. The predicted molar refractivity (Wildman–Crippen MR) is 63.3 cm³/mol. The lowest BCUT2D eigenvalue weighted by Crippen LogP contribution is -2.34. The minimum absolute atomic E-state index is 0.650. The SMILES string of the molecule is CN1CCC(CCN(C)S(=O)(=O)N2CC2)C1. The van der Waals surface area contributed by atoms with Gasteiger partial charge >= 0.3 is 0 Å². The van der Waals surface area contributed by atoms with E-state index >= 15 is 0 Å². The van der Waals surface area contributed by atoms with E-state index in [1.807, 2.05) is 0 Å². The number of hydrogen-bond donors (Lipinski definition) is 0. The maximum Gasteiger partial charge on any atom is 0.281 e. The van der Waals surface area contributed by atoms with Gasteiger partial charge in [0.2, 0.25) is 0 Å². The minimum atomic E-state index is -3.12. The second-order valence-corrected chi connectivity index (χ2v) is 6.97.